The van der Waals surface area contributed by atoms with E-state index in [1.807, 2.05) is 60.7 Å². The second kappa shape index (κ2) is 12.1. The number of benzene rings is 4. The van der Waals surface area contributed by atoms with Crippen LogP contribution in [0.4, 0.5) is 5.69 Å². The van der Waals surface area contributed by atoms with Crippen molar-refractivity contribution in [2.75, 3.05) is 17.1 Å². The van der Waals surface area contributed by atoms with E-state index >= 15 is 0 Å². The van der Waals surface area contributed by atoms with Gasteiger partial charge >= 0.3 is 5.97 Å². The molecule has 0 amide bonds. The van der Waals surface area contributed by atoms with E-state index in [4.69, 9.17) is 4.74 Å². The first-order valence-corrected chi connectivity index (χ1v) is 17.5. The molecule has 5 aromatic rings. The van der Waals surface area contributed by atoms with Gasteiger partial charge in [0.05, 0.1) is 26.8 Å². The van der Waals surface area contributed by atoms with Crippen LogP contribution >= 0.6 is 23.1 Å². The molecule has 0 saturated carbocycles. The number of anilines is 1. The van der Waals surface area contributed by atoms with Crippen molar-refractivity contribution in [2.45, 2.75) is 14.0 Å². The summed E-state index contributed by atoms with van der Waals surface area (Å²) in [6.45, 7) is 0. The van der Waals surface area contributed by atoms with Gasteiger partial charge in [-0.25, -0.2) is 21.6 Å². The molecule has 0 saturated heterocycles. The fourth-order valence-corrected chi connectivity index (χ4v) is 10.0. The average Bonchev–Trinajstić information content (AvgIpc) is 3.45. The van der Waals surface area contributed by atoms with Crippen LogP contribution < -0.4 is 3.71 Å². The van der Waals surface area contributed by atoms with Gasteiger partial charge in [0.15, 0.2) is 0 Å². The summed E-state index contributed by atoms with van der Waals surface area (Å²) in [5, 5.41) is 0. The van der Waals surface area contributed by atoms with Crippen LogP contribution in [-0.2, 0) is 24.8 Å². The van der Waals surface area contributed by atoms with E-state index in [2.05, 4.69) is 0 Å². The Labute approximate surface area is 253 Å². The maximum atomic E-state index is 14.2. The topological polar surface area (TPSA) is 97.8 Å². The molecule has 0 atom stereocenters. The average molecular weight is 636 g/mol. The summed E-state index contributed by atoms with van der Waals surface area (Å²) in [6, 6.07) is 32.1. The molecule has 0 bridgehead atoms. The SMILES string of the molecule is COC(=O)c1cc(N(S(=O)(=O)c2ccc(-c3ccccc3)cc2)S(=O)(=O)c2ccc(-c3ccccc3)cc2)c(SC)s1. The zero-order valence-corrected chi connectivity index (χ0v) is 25.8. The molecule has 0 unspecified atom stereocenters. The van der Waals surface area contributed by atoms with Gasteiger partial charge in [-0.15, -0.1) is 23.1 Å². The predicted molar refractivity (Wildman–Crippen MR) is 168 cm³/mol. The highest BCUT2D eigenvalue weighted by Crippen LogP contribution is 2.43. The second-order valence-corrected chi connectivity index (χ2v) is 14.9. The minimum Gasteiger partial charge on any atom is -0.465 e. The van der Waals surface area contributed by atoms with Crippen LogP contribution in [0.3, 0.4) is 0 Å². The molecule has 1 heterocycles. The van der Waals surface area contributed by atoms with Gasteiger partial charge in [-0.05, 0) is 58.8 Å². The van der Waals surface area contributed by atoms with Crippen LogP contribution in [0.15, 0.2) is 129 Å². The highest BCUT2D eigenvalue weighted by molar-refractivity contribution is 8.10. The van der Waals surface area contributed by atoms with Crippen LogP contribution in [0.1, 0.15) is 9.67 Å². The maximum Gasteiger partial charge on any atom is 0.348 e. The van der Waals surface area contributed by atoms with Gasteiger partial charge in [-0.3, -0.25) is 0 Å². The molecule has 4 aromatic carbocycles. The van der Waals surface area contributed by atoms with Crippen LogP contribution in [0.2, 0.25) is 0 Å². The Balaban J connectivity index is 1.65. The van der Waals surface area contributed by atoms with Gasteiger partial charge in [0.25, 0.3) is 20.0 Å². The molecule has 5 rings (SSSR count). The first-order chi connectivity index (χ1) is 20.2. The Hall–Kier alpha value is -3.90. The number of thiophene rings is 1. The van der Waals surface area contributed by atoms with E-state index in [1.54, 1.807) is 30.5 Å². The van der Waals surface area contributed by atoms with Crippen molar-refractivity contribution in [2.24, 2.45) is 0 Å². The van der Waals surface area contributed by atoms with E-state index in [0.717, 1.165) is 45.4 Å². The van der Waals surface area contributed by atoms with Crippen molar-refractivity contribution in [3.8, 4) is 22.3 Å². The molecule has 0 aliphatic rings. The smallest absolute Gasteiger partial charge is 0.348 e. The predicted octanol–water partition coefficient (Wildman–Crippen LogP) is 7.17. The van der Waals surface area contributed by atoms with Crippen molar-refractivity contribution in [1.82, 2.24) is 0 Å². The van der Waals surface area contributed by atoms with E-state index in [-0.39, 0.29) is 20.4 Å². The Morgan fingerprint density at radius 3 is 1.45 bits per heavy atom. The van der Waals surface area contributed by atoms with E-state index < -0.39 is 26.0 Å². The Morgan fingerprint density at radius 2 is 1.07 bits per heavy atom. The zero-order chi connectivity index (χ0) is 29.9. The van der Waals surface area contributed by atoms with Crippen molar-refractivity contribution in [3.05, 3.63) is 120 Å². The Kier molecular flexibility index (Phi) is 8.55. The Morgan fingerprint density at radius 1 is 0.667 bits per heavy atom. The summed E-state index contributed by atoms with van der Waals surface area (Å²) in [4.78, 5) is 12.0. The quantitative estimate of drug-likeness (QED) is 0.125. The lowest BCUT2D eigenvalue weighted by Gasteiger charge is -2.24. The number of nitrogens with zero attached hydrogens (tertiary/aromatic N) is 1. The summed E-state index contributed by atoms with van der Waals surface area (Å²) in [7, 11) is -8.17. The molecule has 0 aliphatic heterocycles. The highest BCUT2D eigenvalue weighted by atomic mass is 32.3. The Bertz CT molecular complexity index is 1810. The minimum absolute atomic E-state index is 0.0751. The molecule has 0 fully saturated rings. The number of rotatable bonds is 9. The summed E-state index contributed by atoms with van der Waals surface area (Å²) in [6.07, 6.45) is 1.68. The molecule has 42 heavy (non-hydrogen) atoms. The van der Waals surface area contributed by atoms with Crippen LogP contribution in [0.5, 0.6) is 0 Å². The van der Waals surface area contributed by atoms with E-state index in [0.29, 0.717) is 7.92 Å². The van der Waals surface area contributed by atoms with Crippen molar-refractivity contribution in [3.63, 3.8) is 0 Å². The third-order valence-electron chi connectivity index (χ3n) is 6.40. The van der Waals surface area contributed by atoms with E-state index in [1.165, 1.54) is 37.4 Å². The summed E-state index contributed by atoms with van der Waals surface area (Å²) >= 11 is 2.10. The van der Waals surface area contributed by atoms with Crippen molar-refractivity contribution >= 4 is 54.8 Å². The lowest BCUT2D eigenvalue weighted by atomic mass is 10.1. The normalized spacial score (nSPS) is 11.7. The number of hydrogen-bond acceptors (Lipinski definition) is 8. The van der Waals surface area contributed by atoms with Gasteiger partial charge in [0.1, 0.15) is 4.88 Å². The number of carbonyl (C=O) groups is 1. The number of ether oxygens (including phenoxy) is 1. The number of hydrogen-bond donors (Lipinski definition) is 0. The molecule has 0 N–H and O–H groups in total. The fourth-order valence-electron chi connectivity index (χ4n) is 4.32. The van der Waals surface area contributed by atoms with Crippen molar-refractivity contribution < 1.29 is 26.4 Å². The van der Waals surface area contributed by atoms with Crippen LogP contribution in [0, 0.1) is 0 Å². The number of sulfonamides is 2. The largest absolute Gasteiger partial charge is 0.465 e. The lowest BCUT2D eigenvalue weighted by Crippen LogP contribution is -2.37. The molecule has 0 aliphatic carbocycles. The number of methoxy groups -OCH3 is 1. The summed E-state index contributed by atoms with van der Waals surface area (Å²) in [5.41, 5.74) is 3.17. The third kappa shape index (κ3) is 5.73. The van der Waals surface area contributed by atoms with Crippen LogP contribution in [-0.4, -0.2) is 36.2 Å². The highest BCUT2D eigenvalue weighted by Gasteiger charge is 2.39. The van der Waals surface area contributed by atoms with Gasteiger partial charge in [0.2, 0.25) is 0 Å². The lowest BCUT2D eigenvalue weighted by molar-refractivity contribution is 0.0606. The molecule has 11 heteroatoms. The second-order valence-electron chi connectivity index (χ2n) is 8.97. The zero-order valence-electron chi connectivity index (χ0n) is 22.5. The minimum atomic E-state index is -4.69. The maximum absolute atomic E-state index is 14.2. The number of carbonyl (C=O) groups excluding carboxylic acids is 1. The van der Waals surface area contributed by atoms with Gasteiger partial charge in [-0.2, -0.15) is 3.71 Å². The molecular formula is C31H25NO6S4. The molecule has 214 valence electrons. The summed E-state index contributed by atoms with van der Waals surface area (Å²) < 4.78 is 62.5. The summed E-state index contributed by atoms with van der Waals surface area (Å²) in [5.74, 6) is -0.698. The molecule has 1 aromatic heterocycles. The molecule has 0 radical (unpaired) electrons. The number of thioether (sulfide) groups is 1. The first-order valence-electron chi connectivity index (χ1n) is 12.5. The fraction of sp³-hybridized carbons (Fsp3) is 0.0645. The monoisotopic (exact) mass is 635 g/mol. The molecule has 0 spiro atoms. The number of esters is 1. The van der Waals surface area contributed by atoms with Gasteiger partial charge in [-0.1, -0.05) is 84.9 Å². The van der Waals surface area contributed by atoms with Crippen LogP contribution in [0.25, 0.3) is 22.3 Å². The van der Waals surface area contributed by atoms with Gasteiger partial charge < -0.3 is 4.74 Å². The van der Waals surface area contributed by atoms with E-state index in [9.17, 15) is 21.6 Å². The third-order valence-corrected chi connectivity index (χ3v) is 12.8. The molecule has 7 nitrogen and oxygen atoms in total. The first kappa shape index (κ1) is 29.6. The van der Waals surface area contributed by atoms with Crippen molar-refractivity contribution in [1.29, 1.82) is 0 Å². The molecular weight excluding hydrogens is 611 g/mol. The standard InChI is InChI=1S/C31H25NO6S4/c1-38-30(33)29-21-28(31(39-2)40-29)32(41(34,35)26-17-13-24(14-18-26)22-9-5-3-6-10-22)42(36,37)27-19-15-25(16-20-27)23-11-7-4-8-12-23/h3-21H,1-2H3. The van der Waals surface area contributed by atoms with Gasteiger partial charge in [0, 0.05) is 0 Å².